The number of urea groups is 1. The minimum Gasteiger partial charge on any atom is -0.466 e. The van der Waals surface area contributed by atoms with Crippen molar-refractivity contribution in [1.29, 1.82) is 0 Å². The lowest BCUT2D eigenvalue weighted by Crippen LogP contribution is -2.51. The van der Waals surface area contributed by atoms with E-state index in [4.69, 9.17) is 27.9 Å². The van der Waals surface area contributed by atoms with Gasteiger partial charge in [-0.25, -0.2) is 9.59 Å². The fraction of sp³-hybridized carbons (Fsp3) is 0.304. The summed E-state index contributed by atoms with van der Waals surface area (Å²) >= 11 is 12.1. The summed E-state index contributed by atoms with van der Waals surface area (Å²) in [5, 5.41) is 6.88. The number of amides is 2. The molecule has 9 heteroatoms. The van der Waals surface area contributed by atoms with Crippen LogP contribution in [0.2, 0.25) is 10.0 Å². The zero-order valence-corrected chi connectivity index (χ0v) is 19.1. The summed E-state index contributed by atoms with van der Waals surface area (Å²) in [6, 6.07) is 13.9. The first-order valence-corrected chi connectivity index (χ1v) is 11.1. The Bertz CT molecular complexity index is 1030. The smallest absolute Gasteiger partial charge is 0.338 e. The van der Waals surface area contributed by atoms with Crippen LogP contribution in [0.4, 0.5) is 10.5 Å². The molecule has 0 aliphatic carbocycles. The van der Waals surface area contributed by atoms with E-state index in [-0.39, 0.29) is 6.03 Å². The summed E-state index contributed by atoms with van der Waals surface area (Å²) in [7, 11) is 1.34. The average molecular weight is 475 g/mol. The van der Waals surface area contributed by atoms with Gasteiger partial charge in [0.1, 0.15) is 0 Å². The highest BCUT2D eigenvalue weighted by atomic mass is 35.5. The molecule has 0 saturated carbocycles. The minimum absolute atomic E-state index is 0.363. The van der Waals surface area contributed by atoms with Gasteiger partial charge in [0, 0.05) is 54.2 Å². The predicted molar refractivity (Wildman–Crippen MR) is 125 cm³/mol. The molecule has 2 N–H and O–H groups in total. The van der Waals surface area contributed by atoms with E-state index in [1.807, 2.05) is 30.3 Å². The van der Waals surface area contributed by atoms with Gasteiger partial charge >= 0.3 is 12.0 Å². The molecular formula is C23H24Cl2N4O3. The Hall–Kier alpha value is -2.74. The molecule has 0 spiro atoms. The van der Waals surface area contributed by atoms with E-state index in [0.29, 0.717) is 27.9 Å². The summed E-state index contributed by atoms with van der Waals surface area (Å²) in [5.41, 5.74) is 2.78. The second-order valence-electron chi connectivity index (χ2n) is 7.71. The summed E-state index contributed by atoms with van der Waals surface area (Å²) in [5.74, 6) is -0.489. The van der Waals surface area contributed by atoms with Gasteiger partial charge in [-0.1, -0.05) is 35.3 Å². The van der Waals surface area contributed by atoms with Crippen LogP contribution in [0.1, 0.15) is 11.6 Å². The maximum absolute atomic E-state index is 12.7. The second kappa shape index (κ2) is 9.81. The molecule has 0 radical (unpaired) electrons. The lowest BCUT2D eigenvalue weighted by molar-refractivity contribution is -0.136. The van der Waals surface area contributed by atoms with E-state index in [0.717, 1.165) is 37.4 Å². The Morgan fingerprint density at radius 3 is 2.44 bits per heavy atom. The molecule has 0 bridgehead atoms. The van der Waals surface area contributed by atoms with Gasteiger partial charge in [0.15, 0.2) is 0 Å². The number of carbonyl (C=O) groups is 2. The zero-order valence-electron chi connectivity index (χ0n) is 17.6. The molecule has 4 rings (SSSR count). The van der Waals surface area contributed by atoms with E-state index in [1.54, 1.807) is 18.2 Å². The van der Waals surface area contributed by atoms with Crippen molar-refractivity contribution < 1.29 is 14.3 Å². The van der Waals surface area contributed by atoms with Crippen molar-refractivity contribution in [3.8, 4) is 0 Å². The zero-order chi connectivity index (χ0) is 22.7. The number of anilines is 1. The van der Waals surface area contributed by atoms with Crippen LogP contribution >= 0.6 is 23.2 Å². The van der Waals surface area contributed by atoms with Crippen LogP contribution in [0.25, 0.3) is 0 Å². The van der Waals surface area contributed by atoms with Gasteiger partial charge in [-0.2, -0.15) is 0 Å². The van der Waals surface area contributed by atoms with E-state index < -0.39 is 12.0 Å². The van der Waals surface area contributed by atoms with Crippen LogP contribution in [-0.2, 0) is 9.53 Å². The van der Waals surface area contributed by atoms with Crippen molar-refractivity contribution in [2.45, 2.75) is 6.04 Å². The average Bonchev–Trinajstić information content (AvgIpc) is 2.79. The molecule has 2 heterocycles. The SMILES string of the molecule is COC(=O)C1=C(CN2CCN(c3ccc(Cl)cc3)CC2)NC(=O)N[C@@H]1c1cccc(Cl)c1. The highest BCUT2D eigenvalue weighted by Crippen LogP contribution is 2.30. The van der Waals surface area contributed by atoms with Crippen molar-refractivity contribution in [2.75, 3.05) is 44.7 Å². The quantitative estimate of drug-likeness (QED) is 0.647. The van der Waals surface area contributed by atoms with Gasteiger partial charge in [0.05, 0.1) is 18.7 Å². The monoisotopic (exact) mass is 474 g/mol. The van der Waals surface area contributed by atoms with Crippen LogP contribution in [0.5, 0.6) is 0 Å². The van der Waals surface area contributed by atoms with Gasteiger partial charge in [0.2, 0.25) is 0 Å². The number of hydrogen-bond acceptors (Lipinski definition) is 5. The van der Waals surface area contributed by atoms with Crippen LogP contribution in [-0.4, -0.2) is 56.7 Å². The first-order valence-electron chi connectivity index (χ1n) is 10.3. The van der Waals surface area contributed by atoms with Gasteiger partial charge in [-0.3, -0.25) is 4.90 Å². The van der Waals surface area contributed by atoms with Gasteiger partial charge in [0.25, 0.3) is 0 Å². The number of methoxy groups -OCH3 is 1. The van der Waals surface area contributed by atoms with Crippen LogP contribution in [0.15, 0.2) is 59.8 Å². The Morgan fingerprint density at radius 1 is 1.06 bits per heavy atom. The summed E-state index contributed by atoms with van der Waals surface area (Å²) in [4.78, 5) is 29.6. The number of hydrogen-bond donors (Lipinski definition) is 2. The lowest BCUT2D eigenvalue weighted by Gasteiger charge is -2.38. The fourth-order valence-corrected chi connectivity index (χ4v) is 4.39. The highest BCUT2D eigenvalue weighted by molar-refractivity contribution is 6.30. The number of piperazine rings is 1. The van der Waals surface area contributed by atoms with Gasteiger partial charge in [-0.15, -0.1) is 0 Å². The number of nitrogens with zero attached hydrogens (tertiary/aromatic N) is 2. The Kier molecular flexibility index (Phi) is 6.89. The van der Waals surface area contributed by atoms with E-state index in [1.165, 1.54) is 7.11 Å². The molecule has 168 valence electrons. The minimum atomic E-state index is -0.639. The molecule has 1 saturated heterocycles. The third kappa shape index (κ3) is 5.01. The number of halogens is 2. The van der Waals surface area contributed by atoms with Crippen LogP contribution < -0.4 is 15.5 Å². The molecule has 2 aliphatic heterocycles. The number of carbonyl (C=O) groups excluding carboxylic acids is 2. The van der Waals surface area contributed by atoms with Crippen molar-refractivity contribution >= 4 is 40.9 Å². The summed E-state index contributed by atoms with van der Waals surface area (Å²) < 4.78 is 5.05. The Labute approximate surface area is 196 Å². The molecule has 7 nitrogen and oxygen atoms in total. The maximum Gasteiger partial charge on any atom is 0.338 e. The van der Waals surface area contributed by atoms with Gasteiger partial charge < -0.3 is 20.3 Å². The third-order valence-corrected chi connectivity index (χ3v) is 6.17. The number of nitrogens with one attached hydrogen (secondary N) is 2. The number of esters is 1. The predicted octanol–water partition coefficient (Wildman–Crippen LogP) is 3.60. The number of benzene rings is 2. The van der Waals surface area contributed by atoms with Crippen LogP contribution in [0.3, 0.4) is 0 Å². The second-order valence-corrected chi connectivity index (χ2v) is 8.58. The van der Waals surface area contributed by atoms with Crippen molar-refractivity contribution in [2.24, 2.45) is 0 Å². The van der Waals surface area contributed by atoms with E-state index in [9.17, 15) is 9.59 Å². The van der Waals surface area contributed by atoms with Crippen molar-refractivity contribution in [3.63, 3.8) is 0 Å². The first kappa shape index (κ1) is 22.5. The molecule has 2 aromatic carbocycles. The molecule has 2 amide bonds. The largest absolute Gasteiger partial charge is 0.466 e. The highest BCUT2D eigenvalue weighted by Gasteiger charge is 2.34. The molecule has 0 unspecified atom stereocenters. The number of ether oxygens (including phenoxy) is 1. The molecule has 1 atom stereocenters. The summed E-state index contributed by atoms with van der Waals surface area (Å²) in [6.45, 7) is 3.65. The molecule has 1 fully saturated rings. The van der Waals surface area contributed by atoms with Crippen molar-refractivity contribution in [1.82, 2.24) is 15.5 Å². The standard InChI is InChI=1S/C23H24Cl2N4O3/c1-32-22(30)20-19(26-23(31)27-21(20)15-3-2-4-17(25)13-15)14-28-9-11-29(12-10-28)18-7-5-16(24)6-8-18/h2-8,13,21H,9-12,14H2,1H3,(H2,26,27,31)/t21-/m1/s1. The summed E-state index contributed by atoms with van der Waals surface area (Å²) in [6.07, 6.45) is 0. The van der Waals surface area contributed by atoms with Crippen LogP contribution in [0, 0.1) is 0 Å². The molecule has 32 heavy (non-hydrogen) atoms. The van der Waals surface area contributed by atoms with E-state index >= 15 is 0 Å². The Morgan fingerprint density at radius 2 is 1.78 bits per heavy atom. The van der Waals surface area contributed by atoms with Gasteiger partial charge in [-0.05, 0) is 42.0 Å². The third-order valence-electron chi connectivity index (χ3n) is 5.69. The molecule has 0 aromatic heterocycles. The van der Waals surface area contributed by atoms with E-state index in [2.05, 4.69) is 20.4 Å². The topological polar surface area (TPSA) is 73.9 Å². The molecular weight excluding hydrogens is 451 g/mol. The molecule has 2 aliphatic rings. The number of rotatable bonds is 5. The Balaban J connectivity index is 1.54. The normalized spacial score (nSPS) is 19.4. The first-order chi connectivity index (χ1) is 15.4. The lowest BCUT2D eigenvalue weighted by atomic mass is 9.95. The maximum atomic E-state index is 12.7. The van der Waals surface area contributed by atoms with Crippen molar-refractivity contribution in [3.05, 3.63) is 75.4 Å². The molecule has 2 aromatic rings. The fourth-order valence-electron chi connectivity index (χ4n) is 4.07.